The zero-order chi connectivity index (χ0) is 33.7. The van der Waals surface area contributed by atoms with Crippen LogP contribution < -0.4 is 25.8 Å². The molecular formula is C28H31Cl3F3N6O5P. The standard InChI is InChI=1S/C21H16ClF3N4O3.C7H15Cl2N2O2P/c1-26-19(30)18-11-15(8-9-27-18)32-14-5-2-12(3-6-14)28-20(31)29-13-4-7-17(22)16(10-13)21(23,24)25;8-2-5-11(6-3-9)14(12)10-4-1-7-13-14/h2-11H,1H3,(H,26,30)(H2,28,29,31);1-7H2,(H,10,12). The number of carbonyl (C=O) groups is 2. The van der Waals surface area contributed by atoms with Crippen molar-refractivity contribution in [1.82, 2.24) is 20.1 Å². The summed E-state index contributed by atoms with van der Waals surface area (Å²) in [5.41, 5.74) is -0.547. The molecular weight excluding hydrogens is 695 g/mol. The lowest BCUT2D eigenvalue weighted by Gasteiger charge is -2.33. The fourth-order valence-corrected chi connectivity index (χ4v) is 6.73. The van der Waals surface area contributed by atoms with Crippen LogP contribution in [0.25, 0.3) is 0 Å². The average Bonchev–Trinajstić information content (AvgIpc) is 3.03. The number of hydrogen-bond acceptors (Lipinski definition) is 6. The Hall–Kier alpha value is -3.10. The lowest BCUT2D eigenvalue weighted by molar-refractivity contribution is -0.137. The van der Waals surface area contributed by atoms with E-state index in [0.29, 0.717) is 48.6 Å². The molecule has 11 nitrogen and oxygen atoms in total. The molecule has 1 aromatic heterocycles. The number of urea groups is 1. The molecule has 1 aliphatic rings. The summed E-state index contributed by atoms with van der Waals surface area (Å²) in [5.74, 6) is 1.31. The van der Waals surface area contributed by atoms with Crippen molar-refractivity contribution < 1.29 is 36.6 Å². The van der Waals surface area contributed by atoms with Crippen LogP contribution >= 0.6 is 42.5 Å². The third-order valence-corrected chi connectivity index (χ3v) is 8.99. The summed E-state index contributed by atoms with van der Waals surface area (Å²) in [6, 6.07) is 11.6. The minimum atomic E-state index is -4.64. The normalized spacial score (nSPS) is 16.2. The summed E-state index contributed by atoms with van der Waals surface area (Å²) in [5, 5.41) is 9.73. The molecule has 0 radical (unpaired) electrons. The molecule has 250 valence electrons. The highest BCUT2D eigenvalue weighted by atomic mass is 35.5. The first kappa shape index (κ1) is 37.4. The van der Waals surface area contributed by atoms with E-state index in [1.165, 1.54) is 25.4 Å². The maximum absolute atomic E-state index is 12.9. The van der Waals surface area contributed by atoms with Crippen LogP contribution in [0.4, 0.5) is 29.3 Å². The largest absolute Gasteiger partial charge is 0.457 e. The molecule has 1 unspecified atom stereocenters. The lowest BCUT2D eigenvalue weighted by atomic mass is 10.2. The van der Waals surface area contributed by atoms with E-state index < -0.39 is 30.5 Å². The molecule has 3 aromatic rings. The quantitative estimate of drug-likeness (QED) is 0.125. The second-order valence-electron chi connectivity index (χ2n) is 9.30. The fourth-order valence-electron chi connectivity index (χ4n) is 3.86. The zero-order valence-corrected chi connectivity index (χ0v) is 27.5. The highest BCUT2D eigenvalue weighted by molar-refractivity contribution is 7.54. The van der Waals surface area contributed by atoms with Gasteiger partial charge in [-0.05, 0) is 55.0 Å². The van der Waals surface area contributed by atoms with Gasteiger partial charge in [-0.2, -0.15) is 13.2 Å². The van der Waals surface area contributed by atoms with Gasteiger partial charge in [0, 0.05) is 62.1 Å². The number of nitrogens with one attached hydrogen (secondary N) is 4. The topological polar surface area (TPSA) is 134 Å². The van der Waals surface area contributed by atoms with Gasteiger partial charge in [0.05, 0.1) is 17.2 Å². The number of aromatic nitrogens is 1. The van der Waals surface area contributed by atoms with Crippen molar-refractivity contribution in [1.29, 1.82) is 0 Å². The monoisotopic (exact) mass is 724 g/mol. The molecule has 4 rings (SSSR count). The van der Waals surface area contributed by atoms with Gasteiger partial charge in [0.15, 0.2) is 0 Å². The van der Waals surface area contributed by atoms with Crippen molar-refractivity contribution in [3.63, 3.8) is 0 Å². The van der Waals surface area contributed by atoms with Gasteiger partial charge >= 0.3 is 19.9 Å². The molecule has 0 bridgehead atoms. The molecule has 0 saturated carbocycles. The Bertz CT molecular complexity index is 1500. The Morgan fingerprint density at radius 1 is 1.02 bits per heavy atom. The Labute approximate surface area is 278 Å². The van der Waals surface area contributed by atoms with E-state index in [1.54, 1.807) is 35.0 Å². The Kier molecular flexibility index (Phi) is 14.4. The van der Waals surface area contributed by atoms with Gasteiger partial charge in [-0.1, -0.05) is 11.6 Å². The van der Waals surface area contributed by atoms with Gasteiger partial charge in [0.25, 0.3) is 5.91 Å². The first-order chi connectivity index (χ1) is 21.9. The molecule has 1 atom stereocenters. The van der Waals surface area contributed by atoms with E-state index in [9.17, 15) is 27.3 Å². The van der Waals surface area contributed by atoms with Gasteiger partial charge in [-0.3, -0.25) is 14.3 Å². The molecule has 0 aliphatic carbocycles. The second-order valence-corrected chi connectivity index (χ2v) is 12.6. The fraction of sp³-hybridized carbons (Fsp3) is 0.321. The molecule has 0 spiro atoms. The second kappa shape index (κ2) is 17.7. The van der Waals surface area contributed by atoms with Crippen molar-refractivity contribution in [3.05, 3.63) is 77.1 Å². The highest BCUT2D eigenvalue weighted by Gasteiger charge is 2.34. The van der Waals surface area contributed by atoms with Crippen LogP contribution in [-0.4, -0.2) is 66.6 Å². The number of anilines is 2. The number of pyridine rings is 1. The van der Waals surface area contributed by atoms with E-state index >= 15 is 0 Å². The SMILES string of the molecule is CNC(=O)c1cc(Oc2ccc(NC(=O)Nc3ccc(Cl)c(C(F)(F)F)c3)cc2)ccn1.O=P1(N(CCCl)CCCl)NCCCO1. The minimum absolute atomic E-state index is 0.0659. The van der Waals surface area contributed by atoms with Crippen LogP contribution in [0.3, 0.4) is 0 Å². The van der Waals surface area contributed by atoms with Crippen molar-refractivity contribution in [2.75, 3.05) is 55.7 Å². The molecule has 1 aliphatic heterocycles. The average molecular weight is 726 g/mol. The summed E-state index contributed by atoms with van der Waals surface area (Å²) in [6.45, 7) is 2.31. The maximum Gasteiger partial charge on any atom is 0.417 e. The summed E-state index contributed by atoms with van der Waals surface area (Å²) < 4.78 is 63.6. The predicted molar refractivity (Wildman–Crippen MR) is 172 cm³/mol. The van der Waals surface area contributed by atoms with Gasteiger partial charge in [0.2, 0.25) is 0 Å². The summed E-state index contributed by atoms with van der Waals surface area (Å²) in [7, 11) is -1.35. The first-order valence-electron chi connectivity index (χ1n) is 13.7. The molecule has 4 N–H and O–H groups in total. The summed E-state index contributed by atoms with van der Waals surface area (Å²) in [6.07, 6.45) is -2.32. The number of halogens is 6. The van der Waals surface area contributed by atoms with Gasteiger partial charge in [-0.15, -0.1) is 23.2 Å². The summed E-state index contributed by atoms with van der Waals surface area (Å²) in [4.78, 5) is 27.7. The van der Waals surface area contributed by atoms with Crippen LogP contribution in [0.2, 0.25) is 5.02 Å². The Balaban J connectivity index is 0.000000344. The number of carbonyl (C=O) groups excluding carboxylic acids is 2. The highest BCUT2D eigenvalue weighted by Crippen LogP contribution is 2.48. The number of amides is 3. The number of benzene rings is 2. The van der Waals surface area contributed by atoms with E-state index in [0.717, 1.165) is 25.1 Å². The third kappa shape index (κ3) is 11.3. The van der Waals surface area contributed by atoms with Crippen molar-refractivity contribution in [2.24, 2.45) is 0 Å². The Morgan fingerprint density at radius 3 is 2.26 bits per heavy atom. The number of alkyl halides is 5. The van der Waals surface area contributed by atoms with Gasteiger partial charge in [0.1, 0.15) is 17.2 Å². The van der Waals surface area contributed by atoms with E-state index in [4.69, 9.17) is 44.1 Å². The van der Waals surface area contributed by atoms with Gasteiger partial charge in [-0.25, -0.2) is 14.6 Å². The lowest BCUT2D eigenvalue weighted by Crippen LogP contribution is -2.35. The molecule has 18 heteroatoms. The molecule has 46 heavy (non-hydrogen) atoms. The van der Waals surface area contributed by atoms with Crippen LogP contribution in [0.1, 0.15) is 22.5 Å². The van der Waals surface area contributed by atoms with Gasteiger partial charge < -0.3 is 25.2 Å². The first-order valence-corrected chi connectivity index (χ1v) is 16.7. The van der Waals surface area contributed by atoms with Crippen LogP contribution in [0.5, 0.6) is 11.5 Å². The van der Waals surface area contributed by atoms with E-state index in [-0.39, 0.29) is 17.3 Å². The summed E-state index contributed by atoms with van der Waals surface area (Å²) >= 11 is 16.8. The Morgan fingerprint density at radius 2 is 1.67 bits per heavy atom. The van der Waals surface area contributed by atoms with Crippen LogP contribution in [0.15, 0.2) is 60.8 Å². The van der Waals surface area contributed by atoms with Crippen LogP contribution in [-0.2, 0) is 15.3 Å². The van der Waals surface area contributed by atoms with Crippen molar-refractivity contribution >= 4 is 65.8 Å². The minimum Gasteiger partial charge on any atom is -0.457 e. The molecule has 2 aromatic carbocycles. The molecule has 3 amide bonds. The van der Waals surface area contributed by atoms with Crippen LogP contribution in [0, 0.1) is 0 Å². The van der Waals surface area contributed by atoms with E-state index in [1.807, 2.05) is 0 Å². The van der Waals surface area contributed by atoms with Crippen molar-refractivity contribution in [3.8, 4) is 11.5 Å². The molecule has 2 heterocycles. The zero-order valence-electron chi connectivity index (χ0n) is 24.4. The number of rotatable bonds is 10. The number of hydrogen-bond donors (Lipinski definition) is 4. The molecule has 1 fully saturated rings. The maximum atomic E-state index is 12.9. The predicted octanol–water partition coefficient (Wildman–Crippen LogP) is 7.43. The third-order valence-electron chi connectivity index (χ3n) is 6.03. The number of nitrogens with zero attached hydrogens (tertiary/aromatic N) is 2. The van der Waals surface area contributed by atoms with Crippen molar-refractivity contribution in [2.45, 2.75) is 12.6 Å². The van der Waals surface area contributed by atoms with E-state index in [2.05, 4.69) is 26.0 Å². The molecule has 1 saturated heterocycles. The number of ether oxygens (including phenoxy) is 1. The smallest absolute Gasteiger partial charge is 0.417 e.